The van der Waals surface area contributed by atoms with Crippen molar-refractivity contribution < 1.29 is 26.2 Å². The van der Waals surface area contributed by atoms with Crippen molar-refractivity contribution in [1.29, 1.82) is 0 Å². The van der Waals surface area contributed by atoms with Gasteiger partial charge in [-0.2, -0.15) is 0 Å². The minimum absolute atomic E-state index is 0. The Balaban J connectivity index is 0.00000385. The number of rotatable bonds is 3. The Hall–Kier alpha value is -6.29. The number of nitrogens with zero attached hydrogens (tertiary/aromatic N) is 3. The Morgan fingerprint density at radius 2 is 1.28 bits per heavy atom. The van der Waals surface area contributed by atoms with Gasteiger partial charge in [0.2, 0.25) is 6.71 Å². The smallest absolute Gasteiger partial charge is 0.244 e. The van der Waals surface area contributed by atoms with Crippen LogP contribution in [0, 0.1) is 6.07 Å². The molecule has 0 aliphatic carbocycles. The number of aromatic hydroxyl groups is 1. The van der Waals surface area contributed by atoms with E-state index in [9.17, 15) is 5.11 Å². The van der Waals surface area contributed by atoms with Gasteiger partial charge >= 0.3 is 0 Å². The first-order valence-electron chi connectivity index (χ1n) is 19.7. The van der Waals surface area contributed by atoms with Crippen LogP contribution >= 0.6 is 0 Å². The average molecular weight is 924 g/mol. The minimum Gasteiger partial charge on any atom is -0.507 e. The Labute approximate surface area is 351 Å². The second-order valence-electron chi connectivity index (χ2n) is 16.6. The molecule has 58 heavy (non-hydrogen) atoms. The van der Waals surface area contributed by atoms with Crippen LogP contribution in [0.15, 0.2) is 152 Å². The average Bonchev–Trinajstić information content (AvgIpc) is 3.91. The molecule has 4 nitrogen and oxygen atoms in total. The van der Waals surface area contributed by atoms with E-state index in [2.05, 4.69) is 171 Å². The van der Waals surface area contributed by atoms with E-state index in [4.69, 9.17) is 9.97 Å². The van der Waals surface area contributed by atoms with Crippen LogP contribution in [0.25, 0.3) is 94.1 Å². The first kappa shape index (κ1) is 34.9. The predicted molar refractivity (Wildman–Crippen MR) is 237 cm³/mol. The van der Waals surface area contributed by atoms with Crippen molar-refractivity contribution >= 4 is 61.5 Å². The van der Waals surface area contributed by atoms with Crippen LogP contribution < -0.4 is 16.4 Å². The number of benzene rings is 7. The van der Waals surface area contributed by atoms with Crippen LogP contribution in [-0.2, 0) is 26.5 Å². The van der Waals surface area contributed by atoms with Crippen molar-refractivity contribution in [3.63, 3.8) is 0 Å². The molecule has 6 heteroatoms. The van der Waals surface area contributed by atoms with Crippen LogP contribution in [0.2, 0.25) is 0 Å². The maximum Gasteiger partial charge on any atom is 0.244 e. The van der Waals surface area contributed by atoms with Crippen molar-refractivity contribution in [2.45, 2.75) is 26.2 Å². The number of phenols is 1. The molecule has 0 saturated carbocycles. The third-order valence-corrected chi connectivity index (χ3v) is 12.4. The second-order valence-corrected chi connectivity index (χ2v) is 16.6. The number of hydrogen-bond acceptors (Lipinski definition) is 3. The summed E-state index contributed by atoms with van der Waals surface area (Å²) in [6, 6.07) is 55.4. The summed E-state index contributed by atoms with van der Waals surface area (Å²) in [7, 11) is 0. The summed E-state index contributed by atoms with van der Waals surface area (Å²) in [5, 5.41) is 15.7. The molecule has 2 aliphatic heterocycles. The Bertz CT molecular complexity index is 3360. The maximum atomic E-state index is 12.8. The number of fused-ring (bicyclic) bond motifs is 15. The summed E-state index contributed by atoms with van der Waals surface area (Å²) in [6.45, 7) is 6.83. The summed E-state index contributed by atoms with van der Waals surface area (Å²) >= 11 is 0. The molecule has 1 N–H and O–H groups in total. The Morgan fingerprint density at radius 1 is 0.621 bits per heavy atom. The van der Waals surface area contributed by atoms with Gasteiger partial charge in [-0.1, -0.05) is 158 Å². The van der Waals surface area contributed by atoms with Gasteiger partial charge in [0, 0.05) is 49.3 Å². The van der Waals surface area contributed by atoms with Crippen molar-refractivity contribution in [1.82, 2.24) is 14.4 Å². The topological polar surface area (TPSA) is 50.4 Å². The number of aromatic nitrogens is 3. The van der Waals surface area contributed by atoms with Gasteiger partial charge in [-0.05, 0) is 56.9 Å². The number of phenolic OH excluding ortho intramolecular Hbond substituents is 1. The molecule has 0 amide bonds. The Kier molecular flexibility index (Phi) is 7.59. The summed E-state index contributed by atoms with van der Waals surface area (Å²) in [5.74, 6) is 0.298. The standard InChI is InChI=1S/C52H35BN3O.Pt/c1-52(2,3)34-27-32(26-33(28-34)41-29-31(24-25-54-41)30-14-5-4-6-15-30)35-19-13-23-43-49(35)55-51-47-44(38-18-9-12-22-42(38)56(43)51)45-36-16-7-10-20-39(36)53-40-21-11-8-17-37(40)46(48(45)53)50(47)57;/h4-25,27-29,57H,1-3H3;/q-1;. The molecule has 0 atom stereocenters. The second kappa shape index (κ2) is 12.6. The molecule has 5 heterocycles. The van der Waals surface area contributed by atoms with Crippen LogP contribution in [0.5, 0.6) is 5.75 Å². The van der Waals surface area contributed by atoms with Gasteiger partial charge in [-0.15, -0.1) is 29.3 Å². The molecular weight excluding hydrogens is 888 g/mol. The van der Waals surface area contributed by atoms with Crippen molar-refractivity contribution in [2.75, 3.05) is 0 Å². The van der Waals surface area contributed by atoms with Crippen LogP contribution in [0.4, 0.5) is 0 Å². The molecule has 278 valence electrons. The molecule has 0 radical (unpaired) electrons. The van der Waals surface area contributed by atoms with E-state index in [0.717, 1.165) is 83.0 Å². The van der Waals surface area contributed by atoms with E-state index in [1.54, 1.807) is 0 Å². The fraction of sp³-hybridized carbons (Fsp3) is 0.0769. The SMILES string of the molecule is CC(C)(C)c1cc(-c2cc(-c3ccccc3)ccn2)[c-]c(-c2cccc3c2nc2c4c(O)c5c6c(c4c4ccccc4n32)-c2ccccc2B6c2ccccc2-5)c1.[Pt]. The van der Waals surface area contributed by atoms with Gasteiger partial charge in [0.25, 0.3) is 0 Å². The van der Waals surface area contributed by atoms with Gasteiger partial charge in [0.15, 0.2) is 0 Å². The van der Waals surface area contributed by atoms with Crippen LogP contribution in [-0.4, -0.2) is 26.2 Å². The van der Waals surface area contributed by atoms with E-state index >= 15 is 0 Å². The molecule has 0 fully saturated rings. The van der Waals surface area contributed by atoms with Gasteiger partial charge in [0.1, 0.15) is 11.4 Å². The van der Waals surface area contributed by atoms with E-state index in [-0.39, 0.29) is 33.2 Å². The fourth-order valence-electron chi connectivity index (χ4n) is 9.80. The third kappa shape index (κ3) is 4.80. The van der Waals surface area contributed by atoms with E-state index in [1.165, 1.54) is 33.1 Å². The van der Waals surface area contributed by atoms with Gasteiger partial charge < -0.3 is 5.11 Å². The minimum atomic E-state index is -0.131. The van der Waals surface area contributed by atoms with Crippen molar-refractivity contribution in [2.24, 2.45) is 0 Å². The third-order valence-electron chi connectivity index (χ3n) is 12.4. The normalized spacial score (nSPS) is 12.6. The predicted octanol–water partition coefficient (Wildman–Crippen LogP) is 10.5. The van der Waals surface area contributed by atoms with Crippen molar-refractivity contribution in [3.05, 3.63) is 163 Å². The zero-order valence-electron chi connectivity index (χ0n) is 32.1. The molecule has 3 aromatic heterocycles. The van der Waals surface area contributed by atoms with E-state index in [1.807, 2.05) is 12.3 Å². The molecule has 0 saturated heterocycles. The van der Waals surface area contributed by atoms with E-state index < -0.39 is 0 Å². The maximum absolute atomic E-state index is 12.8. The molecule has 7 aromatic carbocycles. The monoisotopic (exact) mass is 923 g/mol. The van der Waals surface area contributed by atoms with Gasteiger partial charge in [0.05, 0.1) is 21.9 Å². The summed E-state index contributed by atoms with van der Waals surface area (Å²) in [6.07, 6.45) is 1.89. The molecule has 2 aliphatic rings. The summed E-state index contributed by atoms with van der Waals surface area (Å²) in [4.78, 5) is 10.4. The zero-order chi connectivity index (χ0) is 38.2. The molecule has 12 rings (SSSR count). The molecule has 10 aromatic rings. The molecular formula is C52H35BN3OPt-. The fourth-order valence-corrected chi connectivity index (χ4v) is 9.80. The number of para-hydroxylation sites is 2. The van der Waals surface area contributed by atoms with Crippen LogP contribution in [0.1, 0.15) is 26.3 Å². The summed E-state index contributed by atoms with van der Waals surface area (Å²) in [5.41, 5.74) is 19.0. The van der Waals surface area contributed by atoms with Gasteiger partial charge in [-0.25, -0.2) is 4.98 Å². The number of imidazole rings is 1. The van der Waals surface area contributed by atoms with Crippen molar-refractivity contribution in [3.8, 4) is 61.5 Å². The molecule has 0 spiro atoms. The zero-order valence-corrected chi connectivity index (χ0v) is 34.4. The quantitative estimate of drug-likeness (QED) is 0.109. The van der Waals surface area contributed by atoms with Gasteiger partial charge in [-0.3, -0.25) is 9.38 Å². The first-order chi connectivity index (χ1) is 27.8. The molecule has 0 bridgehead atoms. The first-order valence-corrected chi connectivity index (χ1v) is 19.7. The Morgan fingerprint density at radius 3 is 2.05 bits per heavy atom. The largest absolute Gasteiger partial charge is 0.507 e. The number of hydrogen-bond donors (Lipinski definition) is 1. The number of pyridine rings is 2. The van der Waals surface area contributed by atoms with Crippen LogP contribution in [0.3, 0.4) is 0 Å². The van der Waals surface area contributed by atoms with E-state index in [0.29, 0.717) is 5.75 Å². The summed E-state index contributed by atoms with van der Waals surface area (Å²) < 4.78 is 2.26. The molecule has 0 unspecified atom stereocenters.